The number of rotatable bonds is 4. The SMILES string of the molecule is COc1ccc(SCc2ccccc2F)cc1. The molecule has 0 saturated heterocycles. The van der Waals surface area contributed by atoms with Gasteiger partial charge in [-0.3, -0.25) is 0 Å². The number of methoxy groups -OCH3 is 1. The summed E-state index contributed by atoms with van der Waals surface area (Å²) in [6.07, 6.45) is 0. The molecule has 0 aliphatic carbocycles. The Morgan fingerprint density at radius 3 is 2.41 bits per heavy atom. The van der Waals surface area contributed by atoms with E-state index < -0.39 is 0 Å². The van der Waals surface area contributed by atoms with Crippen molar-refractivity contribution in [3.63, 3.8) is 0 Å². The lowest BCUT2D eigenvalue weighted by atomic mass is 10.2. The molecular weight excluding hydrogens is 235 g/mol. The normalized spacial score (nSPS) is 10.2. The van der Waals surface area contributed by atoms with Crippen LogP contribution in [0.5, 0.6) is 5.75 Å². The summed E-state index contributed by atoms with van der Waals surface area (Å²) in [5.41, 5.74) is 0.730. The first kappa shape index (κ1) is 12.0. The third-order valence-electron chi connectivity index (χ3n) is 2.41. The third kappa shape index (κ3) is 3.24. The molecule has 0 amide bonds. The Morgan fingerprint density at radius 1 is 1.06 bits per heavy atom. The number of hydrogen-bond donors (Lipinski definition) is 0. The third-order valence-corrected chi connectivity index (χ3v) is 3.47. The summed E-state index contributed by atoms with van der Waals surface area (Å²) in [5.74, 6) is 1.33. The summed E-state index contributed by atoms with van der Waals surface area (Å²) in [6, 6.07) is 14.6. The Bertz CT molecular complexity index is 482. The summed E-state index contributed by atoms with van der Waals surface area (Å²) in [4.78, 5) is 1.11. The van der Waals surface area contributed by atoms with Gasteiger partial charge in [0.25, 0.3) is 0 Å². The van der Waals surface area contributed by atoms with Crippen LogP contribution in [0, 0.1) is 5.82 Å². The number of hydrogen-bond acceptors (Lipinski definition) is 2. The average Bonchev–Trinajstić information content (AvgIpc) is 2.38. The number of halogens is 1. The van der Waals surface area contributed by atoms with Crippen LogP contribution in [0.25, 0.3) is 0 Å². The smallest absolute Gasteiger partial charge is 0.127 e. The first-order valence-corrected chi connectivity index (χ1v) is 6.28. The predicted octanol–water partition coefficient (Wildman–Crippen LogP) is 4.13. The van der Waals surface area contributed by atoms with Crippen molar-refractivity contribution in [2.24, 2.45) is 0 Å². The van der Waals surface area contributed by atoms with Crippen LogP contribution in [-0.4, -0.2) is 7.11 Å². The van der Waals surface area contributed by atoms with E-state index in [1.54, 1.807) is 24.9 Å². The van der Waals surface area contributed by atoms with Crippen molar-refractivity contribution in [1.29, 1.82) is 0 Å². The van der Waals surface area contributed by atoms with Crippen LogP contribution >= 0.6 is 11.8 Å². The summed E-state index contributed by atoms with van der Waals surface area (Å²) >= 11 is 1.61. The molecule has 0 N–H and O–H groups in total. The van der Waals surface area contributed by atoms with E-state index in [9.17, 15) is 4.39 Å². The van der Waals surface area contributed by atoms with Gasteiger partial charge in [0.05, 0.1) is 7.11 Å². The zero-order chi connectivity index (χ0) is 12.1. The zero-order valence-corrected chi connectivity index (χ0v) is 10.3. The van der Waals surface area contributed by atoms with Gasteiger partial charge in [-0.25, -0.2) is 4.39 Å². The topological polar surface area (TPSA) is 9.23 Å². The number of benzene rings is 2. The molecule has 2 aromatic rings. The second kappa shape index (κ2) is 5.73. The Morgan fingerprint density at radius 2 is 1.76 bits per heavy atom. The summed E-state index contributed by atoms with van der Waals surface area (Å²) < 4.78 is 18.5. The van der Waals surface area contributed by atoms with Crippen molar-refractivity contribution in [2.75, 3.05) is 7.11 Å². The lowest BCUT2D eigenvalue weighted by Crippen LogP contribution is -1.86. The van der Waals surface area contributed by atoms with Crippen LogP contribution < -0.4 is 4.74 Å². The minimum absolute atomic E-state index is 0.145. The molecule has 0 aliphatic heterocycles. The van der Waals surface area contributed by atoms with Gasteiger partial charge in [-0.2, -0.15) is 0 Å². The first-order chi connectivity index (χ1) is 8.29. The van der Waals surface area contributed by atoms with Crippen molar-refractivity contribution in [1.82, 2.24) is 0 Å². The molecule has 0 bridgehead atoms. The van der Waals surface area contributed by atoms with Gasteiger partial charge >= 0.3 is 0 Å². The molecule has 0 heterocycles. The molecule has 0 saturated carbocycles. The van der Waals surface area contributed by atoms with Crippen LogP contribution in [0.15, 0.2) is 53.4 Å². The fourth-order valence-corrected chi connectivity index (χ4v) is 2.33. The molecule has 0 spiro atoms. The maximum absolute atomic E-state index is 13.4. The van der Waals surface area contributed by atoms with Gasteiger partial charge in [-0.05, 0) is 35.9 Å². The quantitative estimate of drug-likeness (QED) is 0.752. The van der Waals surface area contributed by atoms with Crippen molar-refractivity contribution in [3.05, 3.63) is 59.9 Å². The molecule has 1 nitrogen and oxygen atoms in total. The van der Waals surface area contributed by atoms with Crippen LogP contribution in [-0.2, 0) is 5.75 Å². The zero-order valence-electron chi connectivity index (χ0n) is 9.52. The maximum atomic E-state index is 13.4. The van der Waals surface area contributed by atoms with E-state index in [0.717, 1.165) is 16.2 Å². The van der Waals surface area contributed by atoms with Crippen molar-refractivity contribution < 1.29 is 9.13 Å². The van der Waals surface area contributed by atoms with Gasteiger partial charge in [-0.15, -0.1) is 11.8 Å². The van der Waals surface area contributed by atoms with Crippen molar-refractivity contribution >= 4 is 11.8 Å². The average molecular weight is 248 g/mol. The van der Waals surface area contributed by atoms with E-state index in [1.165, 1.54) is 6.07 Å². The molecule has 0 atom stereocenters. The van der Waals surface area contributed by atoms with Gasteiger partial charge in [0.2, 0.25) is 0 Å². The minimum atomic E-state index is -0.145. The number of thioether (sulfide) groups is 1. The minimum Gasteiger partial charge on any atom is -0.497 e. The fourth-order valence-electron chi connectivity index (χ4n) is 1.45. The molecule has 2 aromatic carbocycles. The molecule has 0 radical (unpaired) electrons. The Balaban J connectivity index is 2.00. The van der Waals surface area contributed by atoms with Crippen LogP contribution in [0.1, 0.15) is 5.56 Å². The van der Waals surface area contributed by atoms with Crippen molar-refractivity contribution in [2.45, 2.75) is 10.6 Å². The highest BCUT2D eigenvalue weighted by atomic mass is 32.2. The standard InChI is InChI=1S/C14H13FOS/c1-16-12-6-8-13(9-7-12)17-10-11-4-2-3-5-14(11)15/h2-9H,10H2,1H3. The van der Waals surface area contributed by atoms with Gasteiger partial charge in [0.15, 0.2) is 0 Å². The largest absolute Gasteiger partial charge is 0.497 e. The first-order valence-electron chi connectivity index (χ1n) is 5.30. The highest BCUT2D eigenvalue weighted by Gasteiger charge is 2.01. The molecule has 3 heteroatoms. The predicted molar refractivity (Wildman–Crippen MR) is 69.0 cm³/mol. The maximum Gasteiger partial charge on any atom is 0.127 e. The highest BCUT2D eigenvalue weighted by Crippen LogP contribution is 2.25. The van der Waals surface area contributed by atoms with E-state index >= 15 is 0 Å². The van der Waals surface area contributed by atoms with E-state index in [0.29, 0.717) is 5.75 Å². The molecule has 0 aliphatic rings. The van der Waals surface area contributed by atoms with E-state index in [-0.39, 0.29) is 5.82 Å². The van der Waals surface area contributed by atoms with E-state index in [4.69, 9.17) is 4.74 Å². The molecule has 0 aromatic heterocycles. The Kier molecular flexibility index (Phi) is 4.04. The van der Waals surface area contributed by atoms with Crippen LogP contribution in [0.4, 0.5) is 4.39 Å². The lowest BCUT2D eigenvalue weighted by Gasteiger charge is -2.04. The van der Waals surface area contributed by atoms with Crippen molar-refractivity contribution in [3.8, 4) is 5.75 Å². The van der Waals surface area contributed by atoms with Gasteiger partial charge < -0.3 is 4.74 Å². The summed E-state index contributed by atoms with van der Waals surface area (Å²) in [5, 5.41) is 0. The van der Waals surface area contributed by atoms with Gasteiger partial charge in [0.1, 0.15) is 11.6 Å². The summed E-state index contributed by atoms with van der Waals surface area (Å²) in [7, 11) is 1.64. The monoisotopic (exact) mass is 248 g/mol. The Labute approximate surface area is 105 Å². The Hall–Kier alpha value is -1.48. The summed E-state index contributed by atoms with van der Waals surface area (Å²) in [6.45, 7) is 0. The van der Waals surface area contributed by atoms with Gasteiger partial charge in [-0.1, -0.05) is 18.2 Å². The lowest BCUT2D eigenvalue weighted by molar-refractivity contribution is 0.414. The molecule has 0 fully saturated rings. The molecule has 0 unspecified atom stereocenters. The van der Waals surface area contributed by atoms with Gasteiger partial charge in [0, 0.05) is 10.6 Å². The number of ether oxygens (including phenoxy) is 1. The van der Waals surface area contributed by atoms with E-state index in [1.807, 2.05) is 36.4 Å². The van der Waals surface area contributed by atoms with E-state index in [2.05, 4.69) is 0 Å². The molecule has 2 rings (SSSR count). The molecular formula is C14H13FOS. The molecule has 17 heavy (non-hydrogen) atoms. The van der Waals surface area contributed by atoms with Crippen LogP contribution in [0.2, 0.25) is 0 Å². The molecule has 88 valence electrons. The second-order valence-corrected chi connectivity index (χ2v) is 4.60. The van der Waals surface area contributed by atoms with Crippen LogP contribution in [0.3, 0.4) is 0 Å². The highest BCUT2D eigenvalue weighted by molar-refractivity contribution is 7.98. The second-order valence-electron chi connectivity index (χ2n) is 3.56. The fraction of sp³-hybridized carbons (Fsp3) is 0.143.